The molecule has 1 aliphatic heterocycles. The van der Waals surface area contributed by atoms with Crippen LogP contribution in [0.1, 0.15) is 22.3 Å². The van der Waals surface area contributed by atoms with Crippen molar-refractivity contribution in [2.24, 2.45) is 0 Å². The molecule has 3 N–H and O–H groups in total. The molecule has 0 radical (unpaired) electrons. The molecular weight excluding hydrogens is 578 g/mol. The number of nitrogens with zero attached hydrogens (tertiary/aromatic N) is 5. The quantitative estimate of drug-likeness (QED) is 0.295. The summed E-state index contributed by atoms with van der Waals surface area (Å²) in [5, 5.41) is 25.6. The summed E-state index contributed by atoms with van der Waals surface area (Å²) < 4.78 is 24.9. The molecule has 1 aliphatic rings. The highest BCUT2D eigenvalue weighted by atomic mass is 35.5. The van der Waals surface area contributed by atoms with Crippen molar-refractivity contribution in [3.8, 4) is 5.69 Å². The van der Waals surface area contributed by atoms with Crippen LogP contribution >= 0.6 is 11.6 Å². The van der Waals surface area contributed by atoms with Gasteiger partial charge in [0.1, 0.15) is 12.4 Å². The Morgan fingerprint density at radius 3 is 2.41 bits per heavy atom. The number of hydrogen-bond acceptors (Lipinski definition) is 9. The van der Waals surface area contributed by atoms with Crippen LogP contribution < -0.4 is 10.6 Å². The van der Waals surface area contributed by atoms with Gasteiger partial charge in [-0.1, -0.05) is 11.6 Å². The molecule has 1 fully saturated rings. The minimum atomic E-state index is -3.24. The van der Waals surface area contributed by atoms with Gasteiger partial charge in [0.2, 0.25) is 17.7 Å². The van der Waals surface area contributed by atoms with Crippen LogP contribution in [0.25, 0.3) is 11.8 Å². The highest BCUT2D eigenvalue weighted by Crippen LogP contribution is 2.20. The van der Waals surface area contributed by atoms with E-state index < -0.39 is 46.0 Å². The number of carboxylic acid groups (broad SMARTS) is 1. The number of carbonyl (C=O) groups is 4. The van der Waals surface area contributed by atoms with Crippen molar-refractivity contribution in [3.63, 3.8) is 0 Å². The Balaban J connectivity index is 1.51. The van der Waals surface area contributed by atoms with Crippen molar-refractivity contribution in [3.05, 3.63) is 71.0 Å². The summed E-state index contributed by atoms with van der Waals surface area (Å²) in [6.07, 6.45) is 3.52. The monoisotopic (exact) mass is 601 g/mol. The summed E-state index contributed by atoms with van der Waals surface area (Å²) >= 11 is 6.11. The first-order valence-electron chi connectivity index (χ1n) is 12.1. The molecule has 1 aromatic heterocycles. The van der Waals surface area contributed by atoms with Gasteiger partial charge in [-0.05, 0) is 59.0 Å². The lowest BCUT2D eigenvalue weighted by molar-refractivity contribution is -0.134. The van der Waals surface area contributed by atoms with Crippen LogP contribution in [0, 0.1) is 0 Å². The summed E-state index contributed by atoms with van der Waals surface area (Å²) in [6.45, 7) is -0.0383. The van der Waals surface area contributed by atoms with E-state index in [-0.39, 0.29) is 35.8 Å². The molecule has 41 heavy (non-hydrogen) atoms. The van der Waals surface area contributed by atoms with E-state index in [1.165, 1.54) is 46.3 Å². The number of anilines is 1. The van der Waals surface area contributed by atoms with Gasteiger partial charge < -0.3 is 20.6 Å². The fourth-order valence-electron chi connectivity index (χ4n) is 3.92. The number of hydrogen-bond donors (Lipinski definition) is 3. The molecule has 2 heterocycles. The molecule has 3 aromatic rings. The first-order chi connectivity index (χ1) is 19.5. The van der Waals surface area contributed by atoms with Crippen molar-refractivity contribution in [2.75, 3.05) is 29.9 Å². The van der Waals surface area contributed by atoms with E-state index >= 15 is 0 Å². The summed E-state index contributed by atoms with van der Waals surface area (Å²) in [5.74, 6) is -3.47. The van der Waals surface area contributed by atoms with Crippen LogP contribution in [0.5, 0.6) is 0 Å². The van der Waals surface area contributed by atoms with Crippen LogP contribution in [0.2, 0.25) is 5.02 Å². The van der Waals surface area contributed by atoms with E-state index in [2.05, 4.69) is 26.2 Å². The molecule has 0 bridgehead atoms. The number of aromatic carboxylic acids is 1. The Kier molecular flexibility index (Phi) is 9.09. The van der Waals surface area contributed by atoms with Gasteiger partial charge in [-0.15, -0.1) is 5.10 Å². The normalized spacial score (nSPS) is 15.3. The van der Waals surface area contributed by atoms with Gasteiger partial charge in [-0.3, -0.25) is 14.4 Å². The van der Waals surface area contributed by atoms with Crippen molar-refractivity contribution < 1.29 is 32.7 Å². The maximum atomic E-state index is 13.1. The van der Waals surface area contributed by atoms with Crippen molar-refractivity contribution >= 4 is 56.9 Å². The zero-order valence-electron chi connectivity index (χ0n) is 21.3. The number of sulfone groups is 1. The predicted molar refractivity (Wildman–Crippen MR) is 147 cm³/mol. The lowest BCUT2D eigenvalue weighted by Gasteiger charge is -2.28. The molecule has 14 nitrogen and oxygen atoms in total. The average molecular weight is 602 g/mol. The lowest BCUT2D eigenvalue weighted by Crippen LogP contribution is -2.49. The highest BCUT2D eigenvalue weighted by molar-refractivity contribution is 7.91. The van der Waals surface area contributed by atoms with Crippen LogP contribution in [0.15, 0.2) is 54.9 Å². The largest absolute Gasteiger partial charge is 0.478 e. The zero-order valence-corrected chi connectivity index (χ0v) is 22.9. The summed E-state index contributed by atoms with van der Waals surface area (Å²) in [6, 6.07) is 8.85. The number of tetrazole rings is 1. The molecule has 214 valence electrons. The third kappa shape index (κ3) is 7.95. The lowest BCUT2D eigenvalue weighted by atomic mass is 10.1. The minimum absolute atomic E-state index is 0.00952. The Morgan fingerprint density at radius 1 is 1.07 bits per heavy atom. The number of rotatable bonds is 9. The third-order valence-corrected chi connectivity index (χ3v) is 7.95. The van der Waals surface area contributed by atoms with Crippen molar-refractivity contribution in [2.45, 2.75) is 12.5 Å². The third-order valence-electron chi connectivity index (χ3n) is 6.11. The summed E-state index contributed by atoms with van der Waals surface area (Å²) in [7, 11) is -3.24. The van der Waals surface area contributed by atoms with Gasteiger partial charge in [0.05, 0.1) is 29.2 Å². The Hall–Kier alpha value is -4.63. The molecule has 0 saturated carbocycles. The van der Waals surface area contributed by atoms with Crippen LogP contribution in [0.3, 0.4) is 0 Å². The predicted octanol–water partition coefficient (Wildman–Crippen LogP) is 0.798. The standard InChI is InChI=1S/C25H24ClN7O7S/c26-18-4-7-21(33-15-27-30-31-33)17(13-18)3-8-22(34)29-20(14-23(35)32-9-11-41(39,40)12-10-32)24(36)28-19-5-1-16(2-6-19)25(37)38/h1-8,13,15,20H,9-12,14H2,(H,28,36)(H,29,34)(H,37,38)/t20-/m0/s1. The number of carboxylic acids is 1. The van der Waals surface area contributed by atoms with Crippen molar-refractivity contribution in [1.82, 2.24) is 30.4 Å². The van der Waals surface area contributed by atoms with E-state index in [0.717, 1.165) is 6.08 Å². The van der Waals surface area contributed by atoms with Crippen molar-refractivity contribution in [1.29, 1.82) is 0 Å². The molecular formula is C25H24ClN7O7S. The number of halogens is 1. The van der Waals surface area contributed by atoms with Gasteiger partial charge in [0.25, 0.3) is 0 Å². The second-order valence-corrected chi connectivity index (χ2v) is 11.7. The SMILES string of the molecule is O=C(C=Cc1cc(Cl)ccc1-n1cnnn1)N[C@@H](CC(=O)N1CCS(=O)(=O)CC1)C(=O)Nc1ccc(C(=O)O)cc1. The van der Waals surface area contributed by atoms with Crippen LogP contribution in [0.4, 0.5) is 5.69 Å². The Labute approximate surface area is 238 Å². The van der Waals surface area contributed by atoms with Gasteiger partial charge in [0.15, 0.2) is 9.84 Å². The number of benzene rings is 2. The van der Waals surface area contributed by atoms with E-state index in [0.29, 0.717) is 16.3 Å². The Bertz CT molecular complexity index is 1580. The molecule has 0 spiro atoms. The summed E-state index contributed by atoms with van der Waals surface area (Å²) in [5.41, 5.74) is 1.27. The van der Waals surface area contributed by atoms with Gasteiger partial charge in [0, 0.05) is 35.4 Å². The second-order valence-electron chi connectivity index (χ2n) is 8.96. The topological polar surface area (TPSA) is 194 Å². The number of aromatic nitrogens is 4. The van der Waals surface area contributed by atoms with E-state index in [9.17, 15) is 27.6 Å². The summed E-state index contributed by atoms with van der Waals surface area (Å²) in [4.78, 5) is 51.4. The smallest absolute Gasteiger partial charge is 0.335 e. The van der Waals surface area contributed by atoms with Crippen LogP contribution in [-0.4, -0.2) is 93.0 Å². The number of nitrogens with one attached hydrogen (secondary N) is 2. The Morgan fingerprint density at radius 2 is 1.78 bits per heavy atom. The molecule has 1 atom stereocenters. The molecule has 2 aromatic carbocycles. The second kappa shape index (κ2) is 12.7. The van der Waals surface area contributed by atoms with Crippen LogP contribution in [-0.2, 0) is 24.2 Å². The fraction of sp³-hybridized carbons (Fsp3) is 0.240. The first-order valence-corrected chi connectivity index (χ1v) is 14.3. The maximum Gasteiger partial charge on any atom is 0.335 e. The zero-order chi connectivity index (χ0) is 29.6. The maximum absolute atomic E-state index is 13.1. The average Bonchev–Trinajstić information content (AvgIpc) is 3.46. The molecule has 16 heteroatoms. The van der Waals surface area contributed by atoms with Gasteiger partial charge in [-0.25, -0.2) is 13.2 Å². The molecule has 4 rings (SSSR count). The molecule has 3 amide bonds. The van der Waals surface area contributed by atoms with E-state index in [1.807, 2.05) is 0 Å². The van der Waals surface area contributed by atoms with Gasteiger partial charge >= 0.3 is 5.97 Å². The van der Waals surface area contributed by atoms with E-state index in [4.69, 9.17) is 16.7 Å². The molecule has 0 aliphatic carbocycles. The minimum Gasteiger partial charge on any atom is -0.478 e. The molecule has 1 saturated heterocycles. The molecule has 0 unspecified atom stereocenters. The van der Waals surface area contributed by atoms with Gasteiger partial charge in [-0.2, -0.15) is 4.68 Å². The number of carbonyl (C=O) groups excluding carboxylic acids is 3. The van der Waals surface area contributed by atoms with E-state index in [1.54, 1.807) is 18.2 Å². The first kappa shape index (κ1) is 29.4. The fourth-order valence-corrected chi connectivity index (χ4v) is 5.31. The highest BCUT2D eigenvalue weighted by Gasteiger charge is 2.30. The number of amides is 3.